The average molecular weight is 301 g/mol. The van der Waals surface area contributed by atoms with Gasteiger partial charge in [0.2, 0.25) is 11.8 Å². The molecule has 8 nitrogen and oxygen atoms in total. The second-order valence-corrected chi connectivity index (χ2v) is 4.86. The number of amides is 1. The summed E-state index contributed by atoms with van der Waals surface area (Å²) in [6.07, 6.45) is 1.30. The van der Waals surface area contributed by atoms with Crippen LogP contribution in [0, 0.1) is 0 Å². The highest BCUT2D eigenvalue weighted by Crippen LogP contribution is 2.22. The van der Waals surface area contributed by atoms with Gasteiger partial charge in [0.15, 0.2) is 0 Å². The zero-order valence-corrected chi connectivity index (χ0v) is 11.6. The Bertz CT molecular complexity index is 794. The molecule has 2 heterocycles. The highest BCUT2D eigenvalue weighted by Gasteiger charge is 2.17. The Balaban J connectivity index is 1.71. The lowest BCUT2D eigenvalue weighted by atomic mass is 10.1. The van der Waals surface area contributed by atoms with Crippen molar-refractivity contribution in [3.63, 3.8) is 0 Å². The summed E-state index contributed by atoms with van der Waals surface area (Å²) in [5.74, 6) is 0.472. The quantitative estimate of drug-likeness (QED) is 0.565. The van der Waals surface area contributed by atoms with Crippen molar-refractivity contribution >= 4 is 17.0 Å². The van der Waals surface area contributed by atoms with E-state index < -0.39 is 12.1 Å². The summed E-state index contributed by atoms with van der Waals surface area (Å²) in [4.78, 5) is 13.6. The van der Waals surface area contributed by atoms with Gasteiger partial charge in [-0.1, -0.05) is 18.2 Å². The Morgan fingerprint density at radius 3 is 3.05 bits per heavy atom. The lowest BCUT2D eigenvalue weighted by Crippen LogP contribution is -2.20. The first-order valence-electron chi connectivity index (χ1n) is 6.73. The summed E-state index contributed by atoms with van der Waals surface area (Å²) >= 11 is 0. The predicted octanol–water partition coefficient (Wildman–Crippen LogP) is 1.56. The number of para-hydroxylation sites is 1. The monoisotopic (exact) mass is 301 g/mol. The van der Waals surface area contributed by atoms with E-state index >= 15 is 0 Å². The minimum atomic E-state index is -1.15. The number of nitrogens with one attached hydrogen (secondary N) is 2. The van der Waals surface area contributed by atoms with E-state index in [4.69, 9.17) is 15.3 Å². The molecule has 114 valence electrons. The van der Waals surface area contributed by atoms with Gasteiger partial charge in [-0.2, -0.15) is 0 Å². The molecule has 0 radical (unpaired) electrons. The van der Waals surface area contributed by atoms with Crippen LogP contribution in [-0.2, 0) is 13.0 Å². The maximum absolute atomic E-state index is 10.4. The Hall–Kier alpha value is -2.87. The Kier molecular flexibility index (Phi) is 3.75. The fourth-order valence-corrected chi connectivity index (χ4v) is 2.26. The molecule has 1 amide bonds. The highest BCUT2D eigenvalue weighted by molar-refractivity contribution is 5.83. The van der Waals surface area contributed by atoms with Crippen LogP contribution in [0.15, 0.2) is 34.9 Å². The van der Waals surface area contributed by atoms with Gasteiger partial charge < -0.3 is 25.6 Å². The summed E-state index contributed by atoms with van der Waals surface area (Å²) in [6.45, 7) is -0.0395. The highest BCUT2D eigenvalue weighted by atomic mass is 16.4. The molecule has 22 heavy (non-hydrogen) atoms. The molecule has 1 aromatic carbocycles. The van der Waals surface area contributed by atoms with Crippen molar-refractivity contribution in [3.05, 3.63) is 47.8 Å². The number of hydrogen-bond donors (Lipinski definition) is 4. The molecule has 0 aliphatic heterocycles. The molecule has 3 aromatic rings. The van der Waals surface area contributed by atoms with E-state index in [9.17, 15) is 4.79 Å². The smallest absolute Gasteiger partial charge is 0.405 e. The van der Waals surface area contributed by atoms with E-state index in [1.54, 1.807) is 0 Å². The fraction of sp³-hybridized carbons (Fsp3) is 0.214. The lowest BCUT2D eigenvalue weighted by Gasteiger charge is -2.05. The number of aromatic amines is 1. The number of fused-ring (bicyclic) bond motifs is 1. The number of rotatable bonds is 5. The van der Waals surface area contributed by atoms with Crippen molar-refractivity contribution in [3.8, 4) is 0 Å². The molecule has 0 saturated heterocycles. The van der Waals surface area contributed by atoms with E-state index in [1.807, 2.05) is 30.5 Å². The van der Waals surface area contributed by atoms with Crippen LogP contribution in [0.25, 0.3) is 10.9 Å². The van der Waals surface area contributed by atoms with Crippen LogP contribution in [-0.4, -0.2) is 26.4 Å². The second kappa shape index (κ2) is 5.86. The van der Waals surface area contributed by atoms with Crippen LogP contribution in [0.4, 0.5) is 4.79 Å². The first-order chi connectivity index (χ1) is 10.6. The summed E-state index contributed by atoms with van der Waals surface area (Å²) in [5.41, 5.74) is 8.20. The third-order valence-electron chi connectivity index (χ3n) is 3.31. The van der Waals surface area contributed by atoms with Gasteiger partial charge in [-0.25, -0.2) is 4.79 Å². The summed E-state index contributed by atoms with van der Waals surface area (Å²) in [5, 5.41) is 19.4. The zero-order chi connectivity index (χ0) is 15.5. The van der Waals surface area contributed by atoms with E-state index in [1.165, 1.54) is 0 Å². The number of carbonyl (C=O) groups is 1. The minimum absolute atomic E-state index is 0.0395. The number of nitrogens with zero attached hydrogens (tertiary/aromatic N) is 2. The van der Waals surface area contributed by atoms with Crippen molar-refractivity contribution in [2.75, 3.05) is 0 Å². The van der Waals surface area contributed by atoms with E-state index in [2.05, 4.69) is 20.5 Å². The maximum Gasteiger partial charge on any atom is 0.405 e. The van der Waals surface area contributed by atoms with Gasteiger partial charge in [0, 0.05) is 17.1 Å². The number of aromatic nitrogens is 3. The first kappa shape index (κ1) is 14.1. The van der Waals surface area contributed by atoms with E-state index in [-0.39, 0.29) is 18.3 Å². The SMILES string of the molecule is N[C@@H](Cc1c[nH]c2ccccc12)c1nnc(CNC(=O)O)o1. The first-order valence-corrected chi connectivity index (χ1v) is 6.73. The van der Waals surface area contributed by atoms with E-state index in [0.29, 0.717) is 6.42 Å². The molecule has 2 aromatic heterocycles. The van der Waals surface area contributed by atoms with Crippen molar-refractivity contribution in [1.29, 1.82) is 0 Å². The molecule has 3 rings (SSSR count). The van der Waals surface area contributed by atoms with Gasteiger partial charge in [0.25, 0.3) is 0 Å². The van der Waals surface area contributed by atoms with Crippen LogP contribution in [0.3, 0.4) is 0 Å². The molecule has 0 spiro atoms. The third kappa shape index (κ3) is 2.91. The largest absolute Gasteiger partial charge is 0.465 e. The van der Waals surface area contributed by atoms with Crippen molar-refractivity contribution in [2.24, 2.45) is 5.73 Å². The van der Waals surface area contributed by atoms with Gasteiger partial charge in [-0.3, -0.25) is 0 Å². The van der Waals surface area contributed by atoms with Crippen LogP contribution < -0.4 is 11.1 Å². The molecule has 8 heteroatoms. The Labute approximate surface area is 125 Å². The Morgan fingerprint density at radius 1 is 1.41 bits per heavy atom. The molecule has 0 unspecified atom stereocenters. The van der Waals surface area contributed by atoms with Crippen molar-refractivity contribution in [2.45, 2.75) is 19.0 Å². The Morgan fingerprint density at radius 2 is 2.23 bits per heavy atom. The predicted molar refractivity (Wildman–Crippen MR) is 78.1 cm³/mol. The molecule has 1 atom stereocenters. The standard InChI is InChI=1S/C14H15N5O3/c15-10(13-19-18-12(22-13)7-17-14(20)21)5-8-6-16-11-4-2-1-3-9(8)11/h1-4,6,10,16-17H,5,7,15H2,(H,20,21)/t10-/m0/s1. The second-order valence-electron chi connectivity index (χ2n) is 4.86. The number of hydrogen-bond acceptors (Lipinski definition) is 5. The normalized spacial score (nSPS) is 12.4. The molecule has 5 N–H and O–H groups in total. The molecular formula is C14H15N5O3. The summed E-state index contributed by atoms with van der Waals surface area (Å²) < 4.78 is 5.37. The summed E-state index contributed by atoms with van der Waals surface area (Å²) in [6, 6.07) is 7.48. The molecular weight excluding hydrogens is 286 g/mol. The van der Waals surface area contributed by atoms with Gasteiger partial charge in [0.1, 0.15) is 0 Å². The zero-order valence-electron chi connectivity index (χ0n) is 11.6. The molecule has 0 aliphatic rings. The molecule has 0 fully saturated rings. The third-order valence-corrected chi connectivity index (χ3v) is 3.31. The molecule has 0 saturated carbocycles. The van der Waals surface area contributed by atoms with Crippen LogP contribution in [0.2, 0.25) is 0 Å². The van der Waals surface area contributed by atoms with E-state index in [0.717, 1.165) is 16.5 Å². The van der Waals surface area contributed by atoms with Gasteiger partial charge in [0.05, 0.1) is 12.6 Å². The van der Waals surface area contributed by atoms with Crippen molar-refractivity contribution < 1.29 is 14.3 Å². The lowest BCUT2D eigenvalue weighted by molar-refractivity contribution is 0.192. The van der Waals surface area contributed by atoms with Crippen molar-refractivity contribution in [1.82, 2.24) is 20.5 Å². The number of H-pyrrole nitrogens is 1. The van der Waals surface area contributed by atoms with Gasteiger partial charge in [-0.15, -0.1) is 10.2 Å². The number of carboxylic acid groups (broad SMARTS) is 1. The maximum atomic E-state index is 10.4. The van der Waals surface area contributed by atoms with Crippen LogP contribution >= 0.6 is 0 Å². The molecule has 0 aliphatic carbocycles. The van der Waals surface area contributed by atoms with Gasteiger partial charge >= 0.3 is 6.09 Å². The number of nitrogens with two attached hydrogens (primary N) is 1. The van der Waals surface area contributed by atoms with Crippen LogP contribution in [0.1, 0.15) is 23.4 Å². The summed E-state index contributed by atoms with van der Waals surface area (Å²) in [7, 11) is 0. The average Bonchev–Trinajstić information content (AvgIpc) is 3.13. The topological polar surface area (TPSA) is 130 Å². The minimum Gasteiger partial charge on any atom is -0.465 e. The fourth-order valence-electron chi connectivity index (χ4n) is 2.26. The number of benzene rings is 1. The van der Waals surface area contributed by atoms with Gasteiger partial charge in [-0.05, 0) is 18.1 Å². The molecule has 0 bridgehead atoms. The van der Waals surface area contributed by atoms with Crippen LogP contribution in [0.5, 0.6) is 0 Å².